The maximum Gasteiger partial charge on any atom is 0.248 e. The summed E-state index contributed by atoms with van der Waals surface area (Å²) in [5.74, 6) is 2.00. The Morgan fingerprint density at radius 3 is 1.08 bits per heavy atom. The van der Waals surface area contributed by atoms with Gasteiger partial charge in [-0.2, -0.15) is 0 Å². The third-order valence-corrected chi connectivity index (χ3v) is 6.47. The third kappa shape index (κ3) is 4.76. The Balaban J connectivity index is 1.17. The molecule has 0 saturated heterocycles. The Bertz CT molecular complexity index is 1660. The highest BCUT2D eigenvalue weighted by Crippen LogP contribution is 2.30. The van der Waals surface area contributed by atoms with E-state index in [0.717, 1.165) is 33.4 Å². The molecule has 4 aromatic carbocycles. The minimum absolute atomic E-state index is 0.0966. The van der Waals surface area contributed by atoms with Gasteiger partial charge < -0.3 is 8.83 Å². The number of hydrogen-bond acceptors (Lipinski definition) is 6. The van der Waals surface area contributed by atoms with Crippen LogP contribution in [0.1, 0.15) is 26.3 Å². The van der Waals surface area contributed by atoms with E-state index in [4.69, 9.17) is 8.83 Å². The molecule has 0 aliphatic rings. The van der Waals surface area contributed by atoms with Gasteiger partial charge in [-0.25, -0.2) is 0 Å². The topological polar surface area (TPSA) is 77.8 Å². The molecule has 0 N–H and O–H groups in total. The highest BCUT2D eigenvalue weighted by atomic mass is 16.4. The largest absolute Gasteiger partial charge is 0.416 e. The van der Waals surface area contributed by atoms with Crippen molar-refractivity contribution in [3.63, 3.8) is 0 Å². The summed E-state index contributed by atoms with van der Waals surface area (Å²) < 4.78 is 11.9. The molecule has 0 unspecified atom stereocenters. The van der Waals surface area contributed by atoms with Crippen molar-refractivity contribution in [2.75, 3.05) is 0 Å². The fraction of sp³-hybridized carbons (Fsp3) is 0.125. The molecule has 6 nitrogen and oxygen atoms in total. The van der Waals surface area contributed by atoms with Crippen LogP contribution in [0.25, 0.3) is 56.9 Å². The second-order valence-electron chi connectivity index (χ2n) is 10.2. The number of nitrogens with zero attached hydrogens (tertiary/aromatic N) is 4. The average molecular weight is 499 g/mol. The first-order chi connectivity index (χ1) is 18.4. The smallest absolute Gasteiger partial charge is 0.248 e. The van der Waals surface area contributed by atoms with Gasteiger partial charge in [-0.3, -0.25) is 0 Å². The van der Waals surface area contributed by atoms with Crippen LogP contribution in [-0.4, -0.2) is 20.4 Å². The quantitative estimate of drug-likeness (QED) is 0.239. The van der Waals surface area contributed by atoms with Gasteiger partial charge in [0, 0.05) is 22.3 Å². The molecule has 6 aromatic rings. The summed E-state index contributed by atoms with van der Waals surface area (Å²) >= 11 is 0. The summed E-state index contributed by atoms with van der Waals surface area (Å²) in [6.07, 6.45) is 0. The second kappa shape index (κ2) is 9.56. The van der Waals surface area contributed by atoms with Crippen LogP contribution in [0.15, 0.2) is 112 Å². The van der Waals surface area contributed by atoms with E-state index >= 15 is 0 Å². The average Bonchev–Trinajstić information content (AvgIpc) is 3.65. The zero-order valence-corrected chi connectivity index (χ0v) is 21.4. The van der Waals surface area contributed by atoms with Gasteiger partial charge in [0.25, 0.3) is 0 Å². The van der Waals surface area contributed by atoms with Crippen LogP contribution in [-0.2, 0) is 5.41 Å². The number of benzene rings is 4. The summed E-state index contributed by atoms with van der Waals surface area (Å²) in [5, 5.41) is 16.9. The van der Waals surface area contributed by atoms with Gasteiger partial charge >= 0.3 is 0 Å². The Kier molecular flexibility index (Phi) is 5.92. The van der Waals surface area contributed by atoms with Crippen LogP contribution in [0.4, 0.5) is 0 Å². The van der Waals surface area contributed by atoms with Gasteiger partial charge in [-0.15, -0.1) is 20.4 Å². The SMILES string of the molecule is CC(C)(C)c1ccc(-c2nnc(-c3ccc(-c4ccc(-c5nnc(-c6ccccc6)o5)cc4)cc3)o2)cc1. The molecule has 0 radical (unpaired) electrons. The molecule has 6 rings (SSSR count). The summed E-state index contributed by atoms with van der Waals surface area (Å²) in [4.78, 5) is 0. The molecule has 0 amide bonds. The first-order valence-electron chi connectivity index (χ1n) is 12.5. The molecular formula is C32H26N4O2. The van der Waals surface area contributed by atoms with Crippen molar-refractivity contribution in [1.29, 1.82) is 0 Å². The van der Waals surface area contributed by atoms with Crippen LogP contribution < -0.4 is 0 Å². The summed E-state index contributed by atoms with van der Waals surface area (Å²) in [7, 11) is 0. The highest BCUT2D eigenvalue weighted by Gasteiger charge is 2.16. The van der Waals surface area contributed by atoms with Crippen LogP contribution in [0.2, 0.25) is 0 Å². The van der Waals surface area contributed by atoms with E-state index in [1.807, 2.05) is 91.0 Å². The van der Waals surface area contributed by atoms with Gasteiger partial charge in [-0.05, 0) is 70.6 Å². The lowest BCUT2D eigenvalue weighted by Crippen LogP contribution is -2.10. The predicted octanol–water partition coefficient (Wildman–Crippen LogP) is 8.09. The van der Waals surface area contributed by atoms with Crippen molar-refractivity contribution in [2.24, 2.45) is 0 Å². The molecule has 0 fully saturated rings. The predicted molar refractivity (Wildman–Crippen MR) is 148 cm³/mol. The molecule has 38 heavy (non-hydrogen) atoms. The Labute approximate surface area is 221 Å². The van der Waals surface area contributed by atoms with Gasteiger partial charge in [0.05, 0.1) is 0 Å². The van der Waals surface area contributed by atoms with E-state index in [1.54, 1.807) is 0 Å². The van der Waals surface area contributed by atoms with Crippen molar-refractivity contribution in [1.82, 2.24) is 20.4 Å². The summed E-state index contributed by atoms with van der Waals surface area (Å²) in [6, 6.07) is 34.2. The van der Waals surface area contributed by atoms with Crippen molar-refractivity contribution in [3.8, 4) is 56.9 Å². The zero-order chi connectivity index (χ0) is 26.1. The molecule has 186 valence electrons. The van der Waals surface area contributed by atoms with Crippen molar-refractivity contribution in [3.05, 3.63) is 109 Å². The van der Waals surface area contributed by atoms with Crippen LogP contribution in [0.5, 0.6) is 0 Å². The zero-order valence-electron chi connectivity index (χ0n) is 21.4. The standard InChI is InChI=1S/C32H26N4O2/c1-32(2,3)27-19-17-26(18-20-27)31-36-35-30(38-31)25-15-11-22(12-16-25)21-9-13-24(14-10-21)29-34-33-28(37-29)23-7-5-4-6-8-23/h4-20H,1-3H3. The van der Waals surface area contributed by atoms with Crippen molar-refractivity contribution < 1.29 is 8.83 Å². The lowest BCUT2D eigenvalue weighted by molar-refractivity contribution is 0.582. The molecular weight excluding hydrogens is 472 g/mol. The van der Waals surface area contributed by atoms with Crippen LogP contribution in [0, 0.1) is 0 Å². The minimum atomic E-state index is 0.0966. The van der Waals surface area contributed by atoms with Gasteiger partial charge in [0.1, 0.15) is 0 Å². The molecule has 0 bridgehead atoms. The Hall–Kier alpha value is -4.84. The molecule has 0 saturated carbocycles. The van der Waals surface area contributed by atoms with E-state index in [2.05, 4.69) is 53.3 Å². The monoisotopic (exact) mass is 498 g/mol. The molecule has 0 aliphatic carbocycles. The van der Waals surface area contributed by atoms with E-state index in [-0.39, 0.29) is 5.41 Å². The van der Waals surface area contributed by atoms with Crippen molar-refractivity contribution >= 4 is 0 Å². The first-order valence-corrected chi connectivity index (χ1v) is 12.5. The molecule has 2 aromatic heterocycles. The molecule has 2 heterocycles. The minimum Gasteiger partial charge on any atom is -0.416 e. The molecule has 6 heteroatoms. The summed E-state index contributed by atoms with van der Waals surface area (Å²) in [6.45, 7) is 6.58. The fourth-order valence-electron chi connectivity index (χ4n) is 4.22. The number of rotatable bonds is 5. The fourth-order valence-corrected chi connectivity index (χ4v) is 4.22. The lowest BCUT2D eigenvalue weighted by Gasteiger charge is -2.18. The van der Waals surface area contributed by atoms with E-state index in [9.17, 15) is 0 Å². The van der Waals surface area contributed by atoms with Gasteiger partial charge in [0.2, 0.25) is 23.6 Å². The van der Waals surface area contributed by atoms with Gasteiger partial charge in [0.15, 0.2) is 0 Å². The van der Waals surface area contributed by atoms with Gasteiger partial charge in [-0.1, -0.05) is 75.4 Å². The third-order valence-electron chi connectivity index (χ3n) is 6.47. The number of hydrogen-bond donors (Lipinski definition) is 0. The van der Waals surface area contributed by atoms with E-state index in [1.165, 1.54) is 5.56 Å². The Morgan fingerprint density at radius 2 is 0.711 bits per heavy atom. The maximum atomic E-state index is 5.98. The highest BCUT2D eigenvalue weighted by molar-refractivity contribution is 5.70. The second-order valence-corrected chi connectivity index (χ2v) is 10.2. The molecule has 0 spiro atoms. The van der Waals surface area contributed by atoms with Crippen molar-refractivity contribution in [2.45, 2.75) is 26.2 Å². The molecule has 0 aliphatic heterocycles. The van der Waals surface area contributed by atoms with Crippen LogP contribution in [0.3, 0.4) is 0 Å². The maximum absolute atomic E-state index is 5.98. The normalized spacial score (nSPS) is 11.6. The molecule has 0 atom stereocenters. The van der Waals surface area contributed by atoms with Crippen LogP contribution >= 0.6 is 0 Å². The Morgan fingerprint density at radius 1 is 0.395 bits per heavy atom. The first kappa shape index (κ1) is 23.6. The summed E-state index contributed by atoms with van der Waals surface area (Å²) in [5.41, 5.74) is 7.06. The van der Waals surface area contributed by atoms with E-state index in [0.29, 0.717) is 23.6 Å². The lowest BCUT2D eigenvalue weighted by atomic mass is 9.87. The number of aromatic nitrogens is 4. The van der Waals surface area contributed by atoms with E-state index < -0.39 is 0 Å².